The minimum Gasteiger partial charge on any atom is -0.351 e. The number of rotatable bonds is 6. The first-order chi connectivity index (χ1) is 10.0. The van der Waals surface area contributed by atoms with E-state index < -0.39 is 4.92 Å². The van der Waals surface area contributed by atoms with E-state index in [-0.39, 0.29) is 21.9 Å². The van der Waals surface area contributed by atoms with Crippen LogP contribution >= 0.6 is 11.8 Å². The number of non-ortho nitro benzene ring substituents is 1. The molecule has 7 nitrogen and oxygen atoms in total. The summed E-state index contributed by atoms with van der Waals surface area (Å²) in [4.78, 5) is 22.5. The molecule has 2 rings (SSSR count). The third-order valence-corrected chi connectivity index (χ3v) is 5.30. The summed E-state index contributed by atoms with van der Waals surface area (Å²) in [5.74, 6) is 5.00. The molecule has 0 unspecified atom stereocenters. The lowest BCUT2D eigenvalue weighted by atomic mass is 9.84. The van der Waals surface area contributed by atoms with Crippen LogP contribution in [-0.4, -0.2) is 28.4 Å². The summed E-state index contributed by atoms with van der Waals surface area (Å²) in [5, 5.41) is 13.7. The van der Waals surface area contributed by atoms with Crippen molar-refractivity contribution in [2.45, 2.75) is 24.0 Å². The Hall–Kier alpha value is -1.80. The zero-order valence-electron chi connectivity index (χ0n) is 11.7. The van der Waals surface area contributed by atoms with Gasteiger partial charge in [-0.05, 0) is 25.2 Å². The second-order valence-corrected chi connectivity index (χ2v) is 6.33. The number of hydrogen-bond donors (Lipinski definition) is 3. The van der Waals surface area contributed by atoms with Crippen molar-refractivity contribution in [1.82, 2.24) is 5.32 Å². The van der Waals surface area contributed by atoms with Gasteiger partial charge < -0.3 is 10.7 Å². The van der Waals surface area contributed by atoms with Crippen molar-refractivity contribution in [3.05, 3.63) is 33.9 Å². The maximum absolute atomic E-state index is 12.3. The Bertz CT molecular complexity index is 555. The monoisotopic (exact) mass is 310 g/mol. The van der Waals surface area contributed by atoms with E-state index in [4.69, 9.17) is 5.84 Å². The predicted molar refractivity (Wildman–Crippen MR) is 83.3 cm³/mol. The number of amides is 1. The number of nitrogens with zero attached hydrogens (tertiary/aromatic N) is 1. The zero-order valence-corrected chi connectivity index (χ0v) is 12.5. The van der Waals surface area contributed by atoms with Crippen LogP contribution in [0, 0.1) is 10.1 Å². The fourth-order valence-electron chi connectivity index (χ4n) is 2.32. The number of carbonyl (C=O) groups is 1. The Labute approximate surface area is 126 Å². The maximum Gasteiger partial charge on any atom is 0.270 e. The van der Waals surface area contributed by atoms with Crippen molar-refractivity contribution < 1.29 is 9.72 Å². The molecular weight excluding hydrogens is 292 g/mol. The standard InChI is InChI=1S/C13H18N4O3S/c1-21-13(5-2-6-13)8-15-12(18)10-7-9(17(19)20)3-4-11(10)16-14/h3-4,7,16H,2,5-6,8,14H2,1H3,(H,15,18). The van der Waals surface area contributed by atoms with Gasteiger partial charge >= 0.3 is 0 Å². The predicted octanol–water partition coefficient (Wildman–Crippen LogP) is 1.90. The first kappa shape index (κ1) is 15.6. The smallest absolute Gasteiger partial charge is 0.270 e. The second-order valence-electron chi connectivity index (χ2n) is 5.05. The molecule has 4 N–H and O–H groups in total. The number of nitrogens with two attached hydrogens (primary N) is 1. The summed E-state index contributed by atoms with van der Waals surface area (Å²) in [6.45, 7) is 0.555. The molecule has 1 saturated carbocycles. The average Bonchev–Trinajstić information content (AvgIpc) is 2.45. The third-order valence-electron chi connectivity index (χ3n) is 3.88. The van der Waals surface area contributed by atoms with Crippen LogP contribution in [-0.2, 0) is 0 Å². The molecule has 21 heavy (non-hydrogen) atoms. The van der Waals surface area contributed by atoms with Gasteiger partial charge in [-0.2, -0.15) is 11.8 Å². The van der Waals surface area contributed by atoms with E-state index in [1.807, 2.05) is 6.26 Å². The third kappa shape index (κ3) is 3.27. The van der Waals surface area contributed by atoms with Gasteiger partial charge in [-0.3, -0.25) is 20.8 Å². The van der Waals surface area contributed by atoms with E-state index in [9.17, 15) is 14.9 Å². The molecule has 0 aromatic heterocycles. The first-order valence-electron chi connectivity index (χ1n) is 6.60. The van der Waals surface area contributed by atoms with Crippen LogP contribution < -0.4 is 16.6 Å². The van der Waals surface area contributed by atoms with Gasteiger partial charge in [0, 0.05) is 23.4 Å². The van der Waals surface area contributed by atoms with Crippen molar-refractivity contribution in [3.8, 4) is 0 Å². The van der Waals surface area contributed by atoms with Gasteiger partial charge in [0.1, 0.15) is 0 Å². The Morgan fingerprint density at radius 2 is 2.24 bits per heavy atom. The molecule has 1 fully saturated rings. The number of benzene rings is 1. The molecule has 0 atom stereocenters. The summed E-state index contributed by atoms with van der Waals surface area (Å²) < 4.78 is 0.104. The van der Waals surface area contributed by atoms with Crippen LogP contribution in [0.1, 0.15) is 29.6 Å². The van der Waals surface area contributed by atoms with Crippen LogP contribution in [0.15, 0.2) is 18.2 Å². The molecule has 0 saturated heterocycles. The second kappa shape index (κ2) is 6.31. The molecule has 0 radical (unpaired) electrons. The zero-order chi connectivity index (χ0) is 15.5. The molecule has 0 spiro atoms. The molecule has 114 valence electrons. The summed E-state index contributed by atoms with van der Waals surface area (Å²) in [6, 6.07) is 3.97. The van der Waals surface area contributed by atoms with Gasteiger partial charge in [-0.15, -0.1) is 0 Å². The van der Waals surface area contributed by atoms with Crippen LogP contribution in [0.2, 0.25) is 0 Å². The van der Waals surface area contributed by atoms with Crippen LogP contribution in [0.4, 0.5) is 11.4 Å². The van der Waals surface area contributed by atoms with Crippen molar-refractivity contribution in [2.75, 3.05) is 18.2 Å². The Balaban J connectivity index is 2.13. The molecule has 1 aromatic rings. The Kier molecular flexibility index (Phi) is 4.69. The molecule has 1 aliphatic rings. The number of thioether (sulfide) groups is 1. The molecule has 0 bridgehead atoms. The number of nitro benzene ring substituents is 1. The summed E-state index contributed by atoms with van der Waals surface area (Å²) in [7, 11) is 0. The van der Waals surface area contributed by atoms with Gasteiger partial charge in [0.25, 0.3) is 11.6 Å². The van der Waals surface area contributed by atoms with Crippen molar-refractivity contribution >= 4 is 29.0 Å². The minimum absolute atomic E-state index is 0.104. The highest BCUT2D eigenvalue weighted by atomic mass is 32.2. The molecule has 0 aliphatic heterocycles. The summed E-state index contributed by atoms with van der Waals surface area (Å²) >= 11 is 1.75. The Morgan fingerprint density at radius 1 is 1.52 bits per heavy atom. The molecule has 8 heteroatoms. The molecule has 1 aliphatic carbocycles. The number of nitro groups is 1. The highest BCUT2D eigenvalue weighted by Crippen LogP contribution is 2.42. The van der Waals surface area contributed by atoms with E-state index >= 15 is 0 Å². The van der Waals surface area contributed by atoms with E-state index in [1.165, 1.54) is 24.6 Å². The summed E-state index contributed by atoms with van der Waals surface area (Å²) in [6.07, 6.45) is 5.35. The average molecular weight is 310 g/mol. The van der Waals surface area contributed by atoms with E-state index in [0.717, 1.165) is 12.8 Å². The SMILES string of the molecule is CSC1(CNC(=O)c2cc([N+](=O)[O-])ccc2NN)CCC1. The first-order valence-corrected chi connectivity index (χ1v) is 7.82. The van der Waals surface area contributed by atoms with Crippen LogP contribution in [0.5, 0.6) is 0 Å². The van der Waals surface area contributed by atoms with E-state index in [0.29, 0.717) is 12.2 Å². The van der Waals surface area contributed by atoms with Crippen molar-refractivity contribution in [1.29, 1.82) is 0 Å². The number of nitrogens with one attached hydrogen (secondary N) is 2. The van der Waals surface area contributed by atoms with Gasteiger partial charge in [0.05, 0.1) is 16.2 Å². The minimum atomic E-state index is -0.535. The number of hydrogen-bond acceptors (Lipinski definition) is 6. The number of anilines is 1. The molecule has 1 aromatic carbocycles. The number of carbonyl (C=O) groups excluding carboxylic acids is 1. The van der Waals surface area contributed by atoms with Crippen LogP contribution in [0.25, 0.3) is 0 Å². The maximum atomic E-state index is 12.3. The normalized spacial score (nSPS) is 15.9. The quantitative estimate of drug-likeness (QED) is 0.420. The molecule has 0 heterocycles. The van der Waals surface area contributed by atoms with Gasteiger partial charge in [0.15, 0.2) is 0 Å². The van der Waals surface area contributed by atoms with Gasteiger partial charge in [0.2, 0.25) is 0 Å². The van der Waals surface area contributed by atoms with Gasteiger partial charge in [-0.1, -0.05) is 6.42 Å². The molecule has 1 amide bonds. The fourth-order valence-corrected chi connectivity index (χ4v) is 3.23. The van der Waals surface area contributed by atoms with E-state index in [2.05, 4.69) is 10.7 Å². The topological polar surface area (TPSA) is 110 Å². The lowest BCUT2D eigenvalue weighted by Crippen LogP contribution is -2.45. The van der Waals surface area contributed by atoms with Crippen molar-refractivity contribution in [2.24, 2.45) is 5.84 Å². The molecular formula is C13H18N4O3S. The van der Waals surface area contributed by atoms with Crippen LogP contribution in [0.3, 0.4) is 0 Å². The van der Waals surface area contributed by atoms with Gasteiger partial charge in [-0.25, -0.2) is 0 Å². The number of nitrogen functional groups attached to an aromatic ring is 1. The highest BCUT2D eigenvalue weighted by molar-refractivity contribution is 8.00. The summed E-state index contributed by atoms with van der Waals surface area (Å²) in [5.41, 5.74) is 2.80. The lowest BCUT2D eigenvalue weighted by Gasteiger charge is -2.40. The van der Waals surface area contributed by atoms with Crippen molar-refractivity contribution in [3.63, 3.8) is 0 Å². The highest BCUT2D eigenvalue weighted by Gasteiger charge is 2.36. The fraction of sp³-hybridized carbons (Fsp3) is 0.462. The lowest BCUT2D eigenvalue weighted by molar-refractivity contribution is -0.384. The van der Waals surface area contributed by atoms with E-state index in [1.54, 1.807) is 11.8 Å². The largest absolute Gasteiger partial charge is 0.351 e. The number of hydrazine groups is 1. The Morgan fingerprint density at radius 3 is 2.71 bits per heavy atom.